The summed E-state index contributed by atoms with van der Waals surface area (Å²) in [5.41, 5.74) is 2.14. The van der Waals surface area contributed by atoms with Crippen LogP contribution in [0.1, 0.15) is 121 Å². The smallest absolute Gasteiger partial charge is 0.303 e. The lowest BCUT2D eigenvalue weighted by molar-refractivity contribution is -0.194. The number of hydrogen-bond acceptors (Lipinski definition) is 6. The van der Waals surface area contributed by atoms with Gasteiger partial charge in [-0.2, -0.15) is 0 Å². The Morgan fingerprint density at radius 2 is 1.50 bits per heavy atom. The number of allylic oxidation sites excluding steroid dienone is 1. The van der Waals surface area contributed by atoms with Crippen molar-refractivity contribution >= 4 is 17.9 Å². The van der Waals surface area contributed by atoms with Crippen LogP contribution in [-0.4, -0.2) is 36.2 Å². The van der Waals surface area contributed by atoms with Gasteiger partial charge in [0, 0.05) is 32.1 Å². The SMILES string of the molecule is CC(=O)OC(C=C(C)C)CC(C)C1CCC2(C)C3C(OC(C)=O)C=C4C(CCC(OC(C)=O)C4(C)C)C3(C)CCC12C. The highest BCUT2D eigenvalue weighted by atomic mass is 16.6. The Morgan fingerprint density at radius 1 is 0.857 bits per heavy atom. The topological polar surface area (TPSA) is 78.9 Å². The summed E-state index contributed by atoms with van der Waals surface area (Å²) in [4.78, 5) is 36.5. The second-order valence-electron chi connectivity index (χ2n) is 15.7. The number of hydrogen-bond donors (Lipinski definition) is 0. The van der Waals surface area contributed by atoms with Crippen molar-refractivity contribution in [1.29, 1.82) is 0 Å². The van der Waals surface area contributed by atoms with Gasteiger partial charge in [-0.05, 0) is 105 Å². The van der Waals surface area contributed by atoms with Gasteiger partial charge >= 0.3 is 17.9 Å². The third-order valence-electron chi connectivity index (χ3n) is 12.5. The summed E-state index contributed by atoms with van der Waals surface area (Å²) in [6.07, 6.45) is 10.7. The zero-order chi connectivity index (χ0) is 31.4. The highest BCUT2D eigenvalue weighted by molar-refractivity contribution is 5.67. The van der Waals surface area contributed by atoms with E-state index in [1.54, 1.807) is 0 Å². The molecule has 0 spiro atoms. The van der Waals surface area contributed by atoms with E-state index in [0.29, 0.717) is 17.8 Å². The summed E-state index contributed by atoms with van der Waals surface area (Å²) in [7, 11) is 0. The molecule has 6 nitrogen and oxygen atoms in total. The molecule has 4 rings (SSSR count). The van der Waals surface area contributed by atoms with Crippen molar-refractivity contribution in [1.82, 2.24) is 0 Å². The molecule has 0 aliphatic heterocycles. The normalized spacial score (nSPS) is 39.8. The average Bonchev–Trinajstić information content (AvgIpc) is 3.10. The van der Waals surface area contributed by atoms with E-state index >= 15 is 0 Å². The van der Waals surface area contributed by atoms with Crippen LogP contribution in [0, 0.1) is 45.3 Å². The molecule has 10 atom stereocenters. The van der Waals surface area contributed by atoms with E-state index in [1.165, 1.54) is 26.3 Å². The first kappa shape index (κ1) is 32.8. The van der Waals surface area contributed by atoms with Gasteiger partial charge in [-0.1, -0.05) is 52.7 Å². The molecule has 0 saturated heterocycles. The molecule has 0 bridgehead atoms. The highest BCUT2D eigenvalue weighted by Crippen LogP contribution is 2.75. The zero-order valence-electron chi connectivity index (χ0n) is 28.1. The van der Waals surface area contributed by atoms with E-state index in [9.17, 15) is 14.4 Å². The number of carbonyl (C=O) groups excluding carboxylic acids is 3. The van der Waals surface area contributed by atoms with E-state index in [2.05, 4.69) is 67.5 Å². The van der Waals surface area contributed by atoms with E-state index in [-0.39, 0.29) is 63.8 Å². The first-order valence-electron chi connectivity index (χ1n) is 16.3. The molecular formula is C36H56O6. The molecule has 3 fully saturated rings. The van der Waals surface area contributed by atoms with Gasteiger partial charge < -0.3 is 14.2 Å². The number of rotatable bonds is 7. The van der Waals surface area contributed by atoms with Gasteiger partial charge in [0.05, 0.1) is 0 Å². The Kier molecular flexibility index (Phi) is 8.93. The molecule has 10 unspecified atom stereocenters. The summed E-state index contributed by atoms with van der Waals surface area (Å²) in [6, 6.07) is 0. The summed E-state index contributed by atoms with van der Waals surface area (Å²) >= 11 is 0. The van der Waals surface area contributed by atoms with Gasteiger partial charge in [0.15, 0.2) is 0 Å². The molecule has 4 aliphatic carbocycles. The molecule has 0 aromatic rings. The molecule has 3 saturated carbocycles. The van der Waals surface area contributed by atoms with Gasteiger partial charge in [-0.3, -0.25) is 14.4 Å². The van der Waals surface area contributed by atoms with E-state index in [4.69, 9.17) is 14.2 Å². The average molecular weight is 585 g/mol. The molecule has 0 aromatic heterocycles. The minimum Gasteiger partial charge on any atom is -0.462 e. The first-order chi connectivity index (χ1) is 19.4. The fourth-order valence-electron chi connectivity index (χ4n) is 10.6. The van der Waals surface area contributed by atoms with Crippen molar-refractivity contribution in [3.63, 3.8) is 0 Å². The molecule has 6 heteroatoms. The van der Waals surface area contributed by atoms with Crippen molar-refractivity contribution in [3.8, 4) is 0 Å². The fraction of sp³-hybridized carbons (Fsp3) is 0.806. The van der Waals surface area contributed by atoms with Crippen molar-refractivity contribution in [2.75, 3.05) is 0 Å². The van der Waals surface area contributed by atoms with Crippen molar-refractivity contribution in [2.24, 2.45) is 45.3 Å². The maximum atomic E-state index is 12.6. The van der Waals surface area contributed by atoms with Crippen LogP contribution in [0.3, 0.4) is 0 Å². The van der Waals surface area contributed by atoms with Gasteiger partial charge in [-0.25, -0.2) is 0 Å². The lowest BCUT2D eigenvalue weighted by Crippen LogP contribution is -2.63. The van der Waals surface area contributed by atoms with E-state index < -0.39 is 0 Å². The summed E-state index contributed by atoms with van der Waals surface area (Å²) < 4.78 is 17.9. The Balaban J connectivity index is 1.73. The fourth-order valence-corrected chi connectivity index (χ4v) is 10.6. The highest BCUT2D eigenvalue weighted by Gasteiger charge is 2.70. The largest absolute Gasteiger partial charge is 0.462 e. The number of fused-ring (bicyclic) bond motifs is 5. The van der Waals surface area contributed by atoms with Gasteiger partial charge in [0.2, 0.25) is 0 Å². The second-order valence-corrected chi connectivity index (χ2v) is 15.7. The Hall–Kier alpha value is -2.11. The number of carbonyl (C=O) groups is 3. The second kappa shape index (κ2) is 11.4. The third kappa shape index (κ3) is 5.49. The van der Waals surface area contributed by atoms with Crippen LogP contribution in [0.25, 0.3) is 0 Å². The maximum Gasteiger partial charge on any atom is 0.303 e. The van der Waals surface area contributed by atoms with E-state index in [0.717, 1.165) is 50.5 Å². The van der Waals surface area contributed by atoms with Crippen molar-refractivity contribution in [2.45, 2.75) is 139 Å². The molecule has 42 heavy (non-hydrogen) atoms. The van der Waals surface area contributed by atoms with Crippen molar-refractivity contribution < 1.29 is 28.6 Å². The predicted octanol–water partition coefficient (Wildman–Crippen LogP) is 7.99. The Labute approximate surface area is 254 Å². The minimum atomic E-state index is -0.327. The molecular weight excluding hydrogens is 528 g/mol. The minimum absolute atomic E-state index is 0.0224. The molecule has 4 aliphatic rings. The molecule has 0 amide bonds. The van der Waals surface area contributed by atoms with Gasteiger partial charge in [0.25, 0.3) is 0 Å². The van der Waals surface area contributed by atoms with Crippen molar-refractivity contribution in [3.05, 3.63) is 23.3 Å². The standard InChI is InChI=1S/C36H56O6/c1-21(2)18-26(40-23(4)37)19-22(3)27-14-15-36(11)32-30(41-24(5)38)20-29-28(34(32,9)16-17-35(27,36)10)12-13-31(33(29,7)8)42-25(6)39/h18,20,22,26-28,30-32H,12-17,19H2,1-11H3. The molecule has 0 radical (unpaired) electrons. The molecule has 0 heterocycles. The Bertz CT molecular complexity index is 1150. The summed E-state index contributed by atoms with van der Waals surface area (Å²) in [5.74, 6) is 0.697. The van der Waals surface area contributed by atoms with E-state index in [1.807, 2.05) is 0 Å². The third-order valence-corrected chi connectivity index (χ3v) is 12.5. The number of esters is 3. The molecule has 0 aromatic carbocycles. The number of ether oxygens (including phenoxy) is 3. The van der Waals surface area contributed by atoms with Gasteiger partial charge in [0.1, 0.15) is 18.3 Å². The summed E-state index contributed by atoms with van der Waals surface area (Å²) in [5, 5.41) is 0. The van der Waals surface area contributed by atoms with Crippen LogP contribution in [0.2, 0.25) is 0 Å². The van der Waals surface area contributed by atoms with Crippen LogP contribution in [-0.2, 0) is 28.6 Å². The van der Waals surface area contributed by atoms with Crippen LogP contribution < -0.4 is 0 Å². The Morgan fingerprint density at radius 3 is 2.07 bits per heavy atom. The predicted molar refractivity (Wildman–Crippen MR) is 164 cm³/mol. The molecule has 236 valence electrons. The van der Waals surface area contributed by atoms with Gasteiger partial charge in [-0.15, -0.1) is 0 Å². The van der Waals surface area contributed by atoms with Crippen LogP contribution in [0.5, 0.6) is 0 Å². The lowest BCUT2D eigenvalue weighted by Gasteiger charge is -2.67. The van der Waals surface area contributed by atoms with Crippen LogP contribution in [0.15, 0.2) is 23.3 Å². The maximum absolute atomic E-state index is 12.6. The summed E-state index contributed by atoms with van der Waals surface area (Å²) in [6.45, 7) is 22.8. The van der Waals surface area contributed by atoms with Crippen LogP contribution >= 0.6 is 0 Å². The zero-order valence-corrected chi connectivity index (χ0v) is 28.1. The monoisotopic (exact) mass is 584 g/mol. The quantitative estimate of drug-likeness (QED) is 0.171. The lowest BCUT2D eigenvalue weighted by atomic mass is 9.38. The van der Waals surface area contributed by atoms with Crippen LogP contribution in [0.4, 0.5) is 0 Å². The first-order valence-corrected chi connectivity index (χ1v) is 16.3. The molecule has 0 N–H and O–H groups in total.